The molecule has 10 heavy (non-hydrogen) atoms. The van der Waals surface area contributed by atoms with E-state index < -0.39 is 0 Å². The lowest BCUT2D eigenvalue weighted by Gasteiger charge is -2.14. The van der Waals surface area contributed by atoms with E-state index in [4.69, 9.17) is 0 Å². The highest BCUT2D eigenvalue weighted by atomic mass is 14.4. The van der Waals surface area contributed by atoms with Crippen LogP contribution in [-0.4, -0.2) is 0 Å². The molecule has 0 atom stereocenters. The first-order valence-electron chi connectivity index (χ1n) is 3.87. The van der Waals surface area contributed by atoms with Crippen LogP contribution in [-0.2, 0) is 0 Å². The largest absolute Gasteiger partial charge is 0.0905 e. The predicted octanol–water partition coefficient (Wildman–Crippen LogP) is 2.69. The summed E-state index contributed by atoms with van der Waals surface area (Å²) in [6, 6.07) is 0. The van der Waals surface area contributed by atoms with E-state index in [9.17, 15) is 0 Å². The van der Waals surface area contributed by atoms with Gasteiger partial charge in [-0.3, -0.25) is 0 Å². The molecule has 0 saturated heterocycles. The second kappa shape index (κ2) is 1.85. The molecule has 0 unspecified atom stereocenters. The Labute approximate surface area is 61.9 Å². The topological polar surface area (TPSA) is 0 Å². The summed E-state index contributed by atoms with van der Waals surface area (Å²) in [7, 11) is 0. The van der Waals surface area contributed by atoms with Gasteiger partial charge in [-0.2, -0.15) is 0 Å². The van der Waals surface area contributed by atoms with Crippen LogP contribution in [0.2, 0.25) is 0 Å². The van der Waals surface area contributed by atoms with Crippen LogP contribution >= 0.6 is 0 Å². The molecule has 0 heteroatoms. The molecular weight excluding hydrogens is 120 g/mol. The SMILES string of the molecule is CC=CC12C=CC(C=C1)C2. The van der Waals surface area contributed by atoms with Crippen molar-refractivity contribution in [2.75, 3.05) is 0 Å². The number of fused-ring (bicyclic) bond motifs is 2. The van der Waals surface area contributed by atoms with Crippen molar-refractivity contribution in [1.29, 1.82) is 0 Å². The van der Waals surface area contributed by atoms with E-state index in [2.05, 4.69) is 43.4 Å². The Hall–Kier alpha value is -0.780. The lowest BCUT2D eigenvalue weighted by Crippen LogP contribution is -2.03. The fourth-order valence-electron chi connectivity index (χ4n) is 1.90. The highest BCUT2D eigenvalue weighted by Gasteiger charge is 2.33. The fourth-order valence-corrected chi connectivity index (χ4v) is 1.90. The van der Waals surface area contributed by atoms with Gasteiger partial charge in [0.15, 0.2) is 0 Å². The molecule has 2 aliphatic carbocycles. The maximum atomic E-state index is 2.32. The highest BCUT2D eigenvalue weighted by molar-refractivity contribution is 5.34. The molecule has 0 aromatic rings. The van der Waals surface area contributed by atoms with Crippen molar-refractivity contribution in [3.05, 3.63) is 36.5 Å². The number of rotatable bonds is 1. The quantitative estimate of drug-likeness (QED) is 0.481. The minimum atomic E-state index is 0.319. The third kappa shape index (κ3) is 0.683. The zero-order chi connectivity index (χ0) is 7.03. The summed E-state index contributed by atoms with van der Waals surface area (Å²) in [6.45, 7) is 2.09. The molecule has 52 valence electrons. The van der Waals surface area contributed by atoms with Crippen LogP contribution in [0.5, 0.6) is 0 Å². The average Bonchev–Trinajstić information content (AvgIpc) is 2.46. The van der Waals surface area contributed by atoms with Crippen LogP contribution in [0, 0.1) is 11.3 Å². The van der Waals surface area contributed by atoms with Crippen molar-refractivity contribution in [2.24, 2.45) is 11.3 Å². The van der Waals surface area contributed by atoms with E-state index in [0.29, 0.717) is 5.41 Å². The van der Waals surface area contributed by atoms with Gasteiger partial charge in [-0.05, 0) is 19.3 Å². The number of allylic oxidation sites excluding steroid dienone is 6. The molecule has 0 aromatic heterocycles. The van der Waals surface area contributed by atoms with Crippen molar-refractivity contribution in [3.8, 4) is 0 Å². The molecule has 0 aliphatic heterocycles. The van der Waals surface area contributed by atoms with Gasteiger partial charge in [0.1, 0.15) is 0 Å². The van der Waals surface area contributed by atoms with E-state index in [1.54, 1.807) is 0 Å². The average molecular weight is 132 g/mol. The zero-order valence-electron chi connectivity index (χ0n) is 6.25. The number of hydrogen-bond acceptors (Lipinski definition) is 0. The van der Waals surface area contributed by atoms with Crippen molar-refractivity contribution in [2.45, 2.75) is 13.3 Å². The van der Waals surface area contributed by atoms with Crippen LogP contribution in [0.25, 0.3) is 0 Å². The normalized spacial score (nSPS) is 42.3. The van der Waals surface area contributed by atoms with Crippen molar-refractivity contribution < 1.29 is 0 Å². The van der Waals surface area contributed by atoms with E-state index in [-0.39, 0.29) is 0 Å². The second-order valence-corrected chi connectivity index (χ2v) is 3.20. The molecule has 0 heterocycles. The standard InChI is InChI=1S/C10H12/c1-2-5-10-6-3-9(8-10)4-7-10/h2-7,9H,8H2,1H3. The molecule has 2 rings (SSSR count). The second-order valence-electron chi connectivity index (χ2n) is 3.20. The van der Waals surface area contributed by atoms with Crippen molar-refractivity contribution in [1.82, 2.24) is 0 Å². The number of hydrogen-bond donors (Lipinski definition) is 0. The van der Waals surface area contributed by atoms with Gasteiger partial charge < -0.3 is 0 Å². The van der Waals surface area contributed by atoms with Crippen LogP contribution < -0.4 is 0 Å². The summed E-state index contributed by atoms with van der Waals surface area (Å²) in [5.41, 5.74) is 0.319. The van der Waals surface area contributed by atoms with Gasteiger partial charge >= 0.3 is 0 Å². The van der Waals surface area contributed by atoms with E-state index in [1.165, 1.54) is 6.42 Å². The summed E-state index contributed by atoms with van der Waals surface area (Å²) in [6.07, 6.45) is 14.9. The fraction of sp³-hybridized carbons (Fsp3) is 0.400. The molecule has 0 amide bonds. The molecule has 0 radical (unpaired) electrons. The third-order valence-electron chi connectivity index (χ3n) is 2.37. The minimum absolute atomic E-state index is 0.319. The Balaban J connectivity index is 2.31. The molecule has 2 bridgehead atoms. The molecule has 0 aromatic carbocycles. The summed E-state index contributed by atoms with van der Waals surface area (Å²) < 4.78 is 0. The Morgan fingerprint density at radius 1 is 1.40 bits per heavy atom. The first kappa shape index (κ1) is 5.96. The smallest absolute Gasteiger partial charge is 0.0250 e. The minimum Gasteiger partial charge on any atom is -0.0905 e. The zero-order valence-corrected chi connectivity index (χ0v) is 6.25. The van der Waals surface area contributed by atoms with Gasteiger partial charge in [0, 0.05) is 5.41 Å². The van der Waals surface area contributed by atoms with Gasteiger partial charge in [0.2, 0.25) is 0 Å². The van der Waals surface area contributed by atoms with Gasteiger partial charge in [-0.1, -0.05) is 36.5 Å². The van der Waals surface area contributed by atoms with Gasteiger partial charge in [0.05, 0.1) is 0 Å². The first-order valence-corrected chi connectivity index (χ1v) is 3.87. The van der Waals surface area contributed by atoms with E-state index in [1.807, 2.05) is 0 Å². The molecule has 0 spiro atoms. The molecular formula is C10H12. The maximum Gasteiger partial charge on any atom is 0.0250 e. The monoisotopic (exact) mass is 132 g/mol. The highest BCUT2D eigenvalue weighted by Crippen LogP contribution is 2.44. The van der Waals surface area contributed by atoms with Crippen molar-refractivity contribution >= 4 is 0 Å². The molecule has 0 saturated carbocycles. The van der Waals surface area contributed by atoms with Crippen molar-refractivity contribution in [3.63, 3.8) is 0 Å². The van der Waals surface area contributed by atoms with E-state index >= 15 is 0 Å². The summed E-state index contributed by atoms with van der Waals surface area (Å²) in [5, 5.41) is 0. The third-order valence-corrected chi connectivity index (χ3v) is 2.37. The van der Waals surface area contributed by atoms with Gasteiger partial charge in [-0.25, -0.2) is 0 Å². The maximum absolute atomic E-state index is 2.32. The van der Waals surface area contributed by atoms with Gasteiger partial charge in [-0.15, -0.1) is 0 Å². The lowest BCUT2D eigenvalue weighted by molar-refractivity contribution is 0.600. The molecule has 0 nitrogen and oxygen atoms in total. The summed E-state index contributed by atoms with van der Waals surface area (Å²) in [4.78, 5) is 0. The van der Waals surface area contributed by atoms with Crippen LogP contribution in [0.4, 0.5) is 0 Å². The Bertz CT molecular complexity index is 204. The first-order chi connectivity index (χ1) is 4.85. The Morgan fingerprint density at radius 3 is 2.50 bits per heavy atom. The summed E-state index contributed by atoms with van der Waals surface area (Å²) in [5.74, 6) is 0.733. The van der Waals surface area contributed by atoms with Crippen LogP contribution in [0.3, 0.4) is 0 Å². The van der Waals surface area contributed by atoms with E-state index in [0.717, 1.165) is 5.92 Å². The lowest BCUT2D eigenvalue weighted by atomic mass is 9.90. The van der Waals surface area contributed by atoms with Crippen LogP contribution in [0.15, 0.2) is 36.5 Å². The Morgan fingerprint density at radius 2 is 2.10 bits per heavy atom. The predicted molar refractivity (Wildman–Crippen MR) is 43.6 cm³/mol. The molecule has 0 fully saturated rings. The van der Waals surface area contributed by atoms with Gasteiger partial charge in [0.25, 0.3) is 0 Å². The molecule has 0 N–H and O–H groups in total. The summed E-state index contributed by atoms with van der Waals surface area (Å²) >= 11 is 0. The van der Waals surface area contributed by atoms with Crippen LogP contribution in [0.1, 0.15) is 13.3 Å². The molecule has 2 aliphatic rings. The Kier molecular flexibility index (Phi) is 1.10.